The fourth-order valence-corrected chi connectivity index (χ4v) is 4.18. The van der Waals surface area contributed by atoms with Crippen molar-refractivity contribution in [2.45, 2.75) is 12.8 Å². The van der Waals surface area contributed by atoms with Gasteiger partial charge in [-0.1, -0.05) is 72.8 Å². The second kappa shape index (κ2) is 5.10. The van der Waals surface area contributed by atoms with Crippen molar-refractivity contribution in [1.82, 2.24) is 0 Å². The number of anilines is 2. The first kappa shape index (κ1) is 13.6. The topological polar surface area (TPSA) is 3.24 Å². The molecule has 116 valence electrons. The number of aryl methyl sites for hydroxylation is 2. The molecule has 1 heterocycles. The lowest BCUT2D eigenvalue weighted by Crippen LogP contribution is -2.12. The molecule has 0 bridgehead atoms. The van der Waals surface area contributed by atoms with Crippen molar-refractivity contribution in [3.05, 3.63) is 83.9 Å². The molecule has 0 atom stereocenters. The minimum atomic E-state index is 1.09. The molecule has 1 aliphatic heterocycles. The number of hydrogen-bond donors (Lipinski definition) is 0. The molecular formula is C23H19N. The highest BCUT2D eigenvalue weighted by Crippen LogP contribution is 2.42. The maximum atomic E-state index is 2.42. The smallest absolute Gasteiger partial charge is 0.0520 e. The zero-order valence-corrected chi connectivity index (χ0v) is 13.8. The molecule has 0 aliphatic carbocycles. The average molecular weight is 309 g/mol. The van der Waals surface area contributed by atoms with E-state index >= 15 is 0 Å². The van der Waals surface area contributed by atoms with E-state index in [-0.39, 0.29) is 0 Å². The summed E-state index contributed by atoms with van der Waals surface area (Å²) >= 11 is 0. The summed E-state index contributed by atoms with van der Waals surface area (Å²) in [6, 6.07) is 26.6. The van der Waals surface area contributed by atoms with Crippen molar-refractivity contribution in [2.75, 3.05) is 11.9 Å². The van der Waals surface area contributed by atoms with Crippen LogP contribution in [0.3, 0.4) is 0 Å². The van der Waals surface area contributed by atoms with Crippen LogP contribution in [-0.2, 0) is 12.8 Å². The Morgan fingerprint density at radius 1 is 0.583 bits per heavy atom. The lowest BCUT2D eigenvalue weighted by atomic mass is 9.99. The highest BCUT2D eigenvalue weighted by molar-refractivity contribution is 6.04. The maximum absolute atomic E-state index is 2.42. The van der Waals surface area contributed by atoms with Gasteiger partial charge in [0.1, 0.15) is 0 Å². The monoisotopic (exact) mass is 309 g/mol. The SMILES string of the molecule is CN1c2c(ccc3ccccc23)CCc2ccc3ccccc3c21. The summed E-state index contributed by atoms with van der Waals surface area (Å²) in [5.74, 6) is 0. The van der Waals surface area contributed by atoms with Gasteiger partial charge in [0.2, 0.25) is 0 Å². The second-order valence-corrected chi connectivity index (χ2v) is 6.65. The van der Waals surface area contributed by atoms with Crippen LogP contribution in [0.15, 0.2) is 72.8 Å². The van der Waals surface area contributed by atoms with Crippen LogP contribution in [0.5, 0.6) is 0 Å². The maximum Gasteiger partial charge on any atom is 0.0520 e. The summed E-state index contributed by atoms with van der Waals surface area (Å²) in [6.07, 6.45) is 2.19. The Kier molecular flexibility index (Phi) is 2.90. The van der Waals surface area contributed by atoms with Crippen LogP contribution in [0.1, 0.15) is 11.1 Å². The molecule has 0 N–H and O–H groups in total. The van der Waals surface area contributed by atoms with Crippen molar-refractivity contribution < 1.29 is 0 Å². The first-order valence-electron chi connectivity index (χ1n) is 8.58. The quantitative estimate of drug-likeness (QED) is 0.393. The molecule has 4 aromatic carbocycles. The second-order valence-electron chi connectivity index (χ2n) is 6.65. The molecule has 0 fully saturated rings. The minimum absolute atomic E-state index is 1.09. The molecule has 0 saturated carbocycles. The zero-order chi connectivity index (χ0) is 16.1. The number of fused-ring (bicyclic) bond motifs is 6. The van der Waals surface area contributed by atoms with Gasteiger partial charge in [0.25, 0.3) is 0 Å². The van der Waals surface area contributed by atoms with Gasteiger partial charge in [0, 0.05) is 17.8 Å². The number of hydrogen-bond acceptors (Lipinski definition) is 1. The van der Waals surface area contributed by atoms with Gasteiger partial charge in [-0.15, -0.1) is 0 Å². The van der Waals surface area contributed by atoms with Crippen LogP contribution >= 0.6 is 0 Å². The molecule has 0 radical (unpaired) electrons. The largest absolute Gasteiger partial charge is 0.343 e. The van der Waals surface area contributed by atoms with Crippen molar-refractivity contribution in [2.24, 2.45) is 0 Å². The predicted molar refractivity (Wildman–Crippen MR) is 103 cm³/mol. The lowest BCUT2D eigenvalue weighted by Gasteiger charge is -2.25. The van der Waals surface area contributed by atoms with E-state index in [1.54, 1.807) is 0 Å². The summed E-state index contributed by atoms with van der Waals surface area (Å²) in [5.41, 5.74) is 5.61. The highest BCUT2D eigenvalue weighted by atomic mass is 15.1. The van der Waals surface area contributed by atoms with Gasteiger partial charge in [-0.2, -0.15) is 0 Å². The van der Waals surface area contributed by atoms with Crippen molar-refractivity contribution in [1.29, 1.82) is 0 Å². The van der Waals surface area contributed by atoms with Gasteiger partial charge in [0.05, 0.1) is 11.4 Å². The molecule has 0 spiro atoms. The Bertz CT molecular complexity index is 991. The Morgan fingerprint density at radius 2 is 1.04 bits per heavy atom. The number of nitrogens with zero attached hydrogens (tertiary/aromatic N) is 1. The average Bonchev–Trinajstić information content (AvgIpc) is 2.79. The van der Waals surface area contributed by atoms with E-state index in [9.17, 15) is 0 Å². The third-order valence-electron chi connectivity index (χ3n) is 5.30. The first-order chi connectivity index (χ1) is 11.8. The molecule has 5 rings (SSSR count). The highest BCUT2D eigenvalue weighted by Gasteiger charge is 2.21. The van der Waals surface area contributed by atoms with Gasteiger partial charge in [-0.25, -0.2) is 0 Å². The molecule has 0 saturated heterocycles. The Hall–Kier alpha value is -2.80. The Morgan fingerprint density at radius 3 is 1.54 bits per heavy atom. The van der Waals surface area contributed by atoms with Gasteiger partial charge in [0.15, 0.2) is 0 Å². The van der Waals surface area contributed by atoms with Crippen LogP contribution in [0, 0.1) is 0 Å². The van der Waals surface area contributed by atoms with Crippen molar-refractivity contribution in [3.8, 4) is 0 Å². The van der Waals surface area contributed by atoms with E-state index < -0.39 is 0 Å². The lowest BCUT2D eigenvalue weighted by molar-refractivity contribution is 0.980. The summed E-state index contributed by atoms with van der Waals surface area (Å²) in [6.45, 7) is 0. The summed E-state index contributed by atoms with van der Waals surface area (Å²) in [4.78, 5) is 2.42. The fraction of sp³-hybridized carbons (Fsp3) is 0.130. The van der Waals surface area contributed by atoms with Crippen molar-refractivity contribution >= 4 is 32.9 Å². The molecular weight excluding hydrogens is 290 g/mol. The molecule has 1 aliphatic rings. The van der Waals surface area contributed by atoms with E-state index in [2.05, 4.69) is 84.7 Å². The van der Waals surface area contributed by atoms with Crippen LogP contribution in [0.25, 0.3) is 21.5 Å². The van der Waals surface area contributed by atoms with Gasteiger partial charge in [-0.05, 0) is 34.7 Å². The molecule has 0 amide bonds. The summed E-state index contributed by atoms with van der Waals surface area (Å²) < 4.78 is 0. The van der Waals surface area contributed by atoms with Crippen LogP contribution in [0.4, 0.5) is 11.4 Å². The van der Waals surface area contributed by atoms with Gasteiger partial charge < -0.3 is 4.90 Å². The standard InChI is InChI=1S/C23H19N/c1-24-22-18(12-10-16-6-2-4-8-20(16)22)14-15-19-13-11-17-7-3-5-9-21(17)23(19)24/h2-13H,14-15H2,1H3. The third-order valence-corrected chi connectivity index (χ3v) is 5.30. The van der Waals surface area contributed by atoms with Gasteiger partial charge >= 0.3 is 0 Å². The molecule has 1 nitrogen and oxygen atoms in total. The summed E-state index contributed by atoms with van der Waals surface area (Å²) in [7, 11) is 2.22. The molecule has 1 heteroatoms. The minimum Gasteiger partial charge on any atom is -0.343 e. The Balaban J connectivity index is 1.87. The normalized spacial score (nSPS) is 13.6. The molecule has 0 unspecified atom stereocenters. The van der Waals surface area contributed by atoms with E-state index in [1.165, 1.54) is 44.0 Å². The molecule has 4 aromatic rings. The van der Waals surface area contributed by atoms with E-state index in [0.717, 1.165) is 12.8 Å². The Labute approximate surface area is 142 Å². The van der Waals surface area contributed by atoms with Crippen LogP contribution in [0.2, 0.25) is 0 Å². The third kappa shape index (κ3) is 1.88. The molecule has 0 aromatic heterocycles. The van der Waals surface area contributed by atoms with Gasteiger partial charge in [-0.3, -0.25) is 0 Å². The molecule has 24 heavy (non-hydrogen) atoms. The number of benzene rings is 4. The van der Waals surface area contributed by atoms with E-state index in [4.69, 9.17) is 0 Å². The number of rotatable bonds is 0. The van der Waals surface area contributed by atoms with Crippen LogP contribution in [-0.4, -0.2) is 7.05 Å². The summed E-state index contributed by atoms with van der Waals surface area (Å²) in [5, 5.41) is 5.31. The fourth-order valence-electron chi connectivity index (χ4n) is 4.18. The zero-order valence-electron chi connectivity index (χ0n) is 13.8. The van der Waals surface area contributed by atoms with Crippen molar-refractivity contribution in [3.63, 3.8) is 0 Å². The first-order valence-corrected chi connectivity index (χ1v) is 8.58. The van der Waals surface area contributed by atoms with Crippen LogP contribution < -0.4 is 4.90 Å². The predicted octanol–water partition coefficient (Wildman–Crippen LogP) is 5.86. The van der Waals surface area contributed by atoms with E-state index in [1.807, 2.05) is 0 Å². The van der Waals surface area contributed by atoms with E-state index in [0.29, 0.717) is 0 Å².